The maximum Gasteiger partial charge on any atom is 0.229 e. The van der Waals surface area contributed by atoms with Crippen LogP contribution in [0.4, 0.5) is 0 Å². The van der Waals surface area contributed by atoms with Crippen LogP contribution in [0.25, 0.3) is 10.6 Å². The first-order valence-corrected chi connectivity index (χ1v) is 9.39. The molecule has 0 radical (unpaired) electrons. The highest BCUT2D eigenvalue weighted by atomic mass is 32.1. The number of carbonyl (C=O) groups is 1. The van der Waals surface area contributed by atoms with Gasteiger partial charge in [-0.05, 0) is 25.0 Å². The molecule has 4 nitrogen and oxygen atoms in total. The van der Waals surface area contributed by atoms with Gasteiger partial charge in [0.05, 0.1) is 23.9 Å². The number of nitrogens with zero attached hydrogens (tertiary/aromatic N) is 3. The molecule has 0 bridgehead atoms. The SMILES string of the molecule is O=C(Cc1csc(-c2ccccc2)n1)N1CCC[C@@H]1c1ccccn1. The van der Waals surface area contributed by atoms with Gasteiger partial charge >= 0.3 is 0 Å². The summed E-state index contributed by atoms with van der Waals surface area (Å²) in [6, 6.07) is 16.1. The van der Waals surface area contributed by atoms with Gasteiger partial charge in [0.2, 0.25) is 5.91 Å². The Bertz CT molecular complexity index is 848. The van der Waals surface area contributed by atoms with Crippen LogP contribution in [-0.2, 0) is 11.2 Å². The highest BCUT2D eigenvalue weighted by Crippen LogP contribution is 2.31. The minimum Gasteiger partial charge on any atom is -0.334 e. The number of benzene rings is 1. The number of carbonyl (C=O) groups excluding carboxylic acids is 1. The van der Waals surface area contributed by atoms with E-state index in [-0.39, 0.29) is 11.9 Å². The Morgan fingerprint density at radius 2 is 2.00 bits per heavy atom. The molecule has 25 heavy (non-hydrogen) atoms. The lowest BCUT2D eigenvalue weighted by molar-refractivity contribution is -0.131. The molecule has 1 aliphatic rings. The second kappa shape index (κ2) is 7.15. The van der Waals surface area contributed by atoms with E-state index >= 15 is 0 Å². The number of pyridine rings is 1. The Labute approximate surface area is 151 Å². The van der Waals surface area contributed by atoms with Crippen LogP contribution in [0.5, 0.6) is 0 Å². The second-order valence-electron chi connectivity index (χ2n) is 6.19. The van der Waals surface area contributed by atoms with Crippen molar-refractivity contribution >= 4 is 17.2 Å². The van der Waals surface area contributed by atoms with Gasteiger partial charge in [0.25, 0.3) is 0 Å². The van der Waals surface area contributed by atoms with Gasteiger partial charge < -0.3 is 4.90 Å². The van der Waals surface area contributed by atoms with E-state index in [0.29, 0.717) is 6.42 Å². The van der Waals surface area contributed by atoms with Crippen LogP contribution in [-0.4, -0.2) is 27.3 Å². The summed E-state index contributed by atoms with van der Waals surface area (Å²) in [7, 11) is 0. The van der Waals surface area contributed by atoms with E-state index in [1.54, 1.807) is 17.5 Å². The van der Waals surface area contributed by atoms with Crippen LogP contribution in [0.2, 0.25) is 0 Å². The zero-order valence-corrected chi connectivity index (χ0v) is 14.7. The summed E-state index contributed by atoms with van der Waals surface area (Å²) in [4.78, 5) is 23.9. The Morgan fingerprint density at radius 3 is 2.80 bits per heavy atom. The average Bonchev–Trinajstić information content (AvgIpc) is 3.33. The number of thiazole rings is 1. The highest BCUT2D eigenvalue weighted by molar-refractivity contribution is 7.13. The molecule has 5 heteroatoms. The predicted octanol–water partition coefficient (Wildman–Crippen LogP) is 4.11. The number of hydrogen-bond acceptors (Lipinski definition) is 4. The number of likely N-dealkylation sites (tertiary alicyclic amines) is 1. The minimum absolute atomic E-state index is 0.0981. The van der Waals surface area contributed by atoms with Gasteiger partial charge in [0.15, 0.2) is 0 Å². The first-order chi connectivity index (χ1) is 12.3. The van der Waals surface area contributed by atoms with Crippen molar-refractivity contribution in [3.8, 4) is 10.6 Å². The highest BCUT2D eigenvalue weighted by Gasteiger charge is 2.30. The summed E-state index contributed by atoms with van der Waals surface area (Å²) in [5.74, 6) is 0.137. The molecule has 1 saturated heterocycles. The van der Waals surface area contributed by atoms with Crippen LogP contribution in [0, 0.1) is 0 Å². The molecule has 126 valence electrons. The average molecular weight is 349 g/mol. The van der Waals surface area contributed by atoms with Crippen LogP contribution in [0.3, 0.4) is 0 Å². The van der Waals surface area contributed by atoms with Crippen molar-refractivity contribution in [1.29, 1.82) is 0 Å². The maximum atomic E-state index is 12.8. The molecule has 0 N–H and O–H groups in total. The normalized spacial score (nSPS) is 17.0. The van der Waals surface area contributed by atoms with Gasteiger partial charge in [-0.2, -0.15) is 0 Å². The van der Waals surface area contributed by atoms with E-state index in [1.165, 1.54) is 0 Å². The third kappa shape index (κ3) is 3.46. The van der Waals surface area contributed by atoms with Gasteiger partial charge in [0.1, 0.15) is 5.01 Å². The second-order valence-corrected chi connectivity index (χ2v) is 7.04. The fourth-order valence-corrected chi connectivity index (χ4v) is 4.13. The van der Waals surface area contributed by atoms with Gasteiger partial charge in [-0.25, -0.2) is 4.98 Å². The summed E-state index contributed by atoms with van der Waals surface area (Å²) in [6.07, 6.45) is 4.16. The summed E-state index contributed by atoms with van der Waals surface area (Å²) < 4.78 is 0. The number of amides is 1. The lowest BCUT2D eigenvalue weighted by atomic mass is 10.1. The summed E-state index contributed by atoms with van der Waals surface area (Å²) in [5.41, 5.74) is 2.93. The molecule has 3 aromatic rings. The molecule has 1 atom stereocenters. The van der Waals surface area contributed by atoms with Crippen molar-refractivity contribution in [1.82, 2.24) is 14.9 Å². The Morgan fingerprint density at radius 1 is 1.16 bits per heavy atom. The zero-order valence-electron chi connectivity index (χ0n) is 13.8. The molecule has 1 aromatic carbocycles. The minimum atomic E-state index is 0.0981. The lowest BCUT2D eigenvalue weighted by Crippen LogP contribution is -2.32. The molecule has 0 spiro atoms. The molecule has 2 aromatic heterocycles. The third-order valence-corrected chi connectivity index (χ3v) is 5.45. The number of rotatable bonds is 4. The first-order valence-electron chi connectivity index (χ1n) is 8.51. The van der Waals surface area contributed by atoms with Crippen molar-refractivity contribution in [2.24, 2.45) is 0 Å². The van der Waals surface area contributed by atoms with E-state index in [1.807, 2.05) is 58.8 Å². The van der Waals surface area contributed by atoms with E-state index in [0.717, 1.165) is 41.3 Å². The molecular weight excluding hydrogens is 330 g/mol. The summed E-state index contributed by atoms with van der Waals surface area (Å²) >= 11 is 1.59. The topological polar surface area (TPSA) is 46.1 Å². The Balaban J connectivity index is 1.48. The Kier molecular flexibility index (Phi) is 4.57. The van der Waals surface area contributed by atoms with Gasteiger partial charge in [0, 0.05) is 23.7 Å². The molecule has 0 saturated carbocycles. The monoisotopic (exact) mass is 349 g/mol. The molecule has 1 fully saturated rings. The molecule has 1 aliphatic heterocycles. The van der Waals surface area contributed by atoms with Gasteiger partial charge in [-0.15, -0.1) is 11.3 Å². The maximum absolute atomic E-state index is 12.8. The molecule has 1 amide bonds. The van der Waals surface area contributed by atoms with Crippen LogP contribution < -0.4 is 0 Å². The van der Waals surface area contributed by atoms with E-state index in [9.17, 15) is 4.79 Å². The van der Waals surface area contributed by atoms with Gasteiger partial charge in [-0.3, -0.25) is 9.78 Å². The quantitative estimate of drug-likeness (QED) is 0.712. The number of hydrogen-bond donors (Lipinski definition) is 0. The molecule has 0 aliphatic carbocycles. The van der Waals surface area contributed by atoms with E-state index in [4.69, 9.17) is 0 Å². The molecule has 4 rings (SSSR count). The van der Waals surface area contributed by atoms with Crippen molar-refractivity contribution in [3.63, 3.8) is 0 Å². The molecular formula is C20H19N3OS. The van der Waals surface area contributed by atoms with Crippen molar-refractivity contribution < 1.29 is 4.79 Å². The van der Waals surface area contributed by atoms with Crippen LogP contribution >= 0.6 is 11.3 Å². The van der Waals surface area contributed by atoms with Crippen molar-refractivity contribution in [3.05, 3.63) is 71.5 Å². The molecule has 3 heterocycles. The smallest absolute Gasteiger partial charge is 0.229 e. The van der Waals surface area contributed by atoms with E-state index < -0.39 is 0 Å². The van der Waals surface area contributed by atoms with Gasteiger partial charge in [-0.1, -0.05) is 36.4 Å². The fourth-order valence-electron chi connectivity index (χ4n) is 3.30. The Hall–Kier alpha value is -2.53. The standard InChI is InChI=1S/C20H19N3OS/c24-19(23-12-6-10-18(23)17-9-4-5-11-21-17)13-16-14-25-20(22-16)15-7-2-1-3-8-15/h1-5,7-9,11,14,18H,6,10,12-13H2/t18-/m1/s1. The van der Waals surface area contributed by atoms with Crippen LogP contribution in [0.15, 0.2) is 60.1 Å². The van der Waals surface area contributed by atoms with Crippen molar-refractivity contribution in [2.45, 2.75) is 25.3 Å². The fraction of sp³-hybridized carbons (Fsp3) is 0.250. The first kappa shape index (κ1) is 16.0. The molecule has 0 unspecified atom stereocenters. The summed E-state index contributed by atoms with van der Waals surface area (Å²) in [6.45, 7) is 0.801. The van der Waals surface area contributed by atoms with Crippen molar-refractivity contribution in [2.75, 3.05) is 6.54 Å². The lowest BCUT2D eigenvalue weighted by Gasteiger charge is -2.24. The summed E-state index contributed by atoms with van der Waals surface area (Å²) in [5, 5.41) is 2.96. The van der Waals surface area contributed by atoms with E-state index in [2.05, 4.69) is 9.97 Å². The largest absolute Gasteiger partial charge is 0.334 e. The van der Waals surface area contributed by atoms with Crippen LogP contribution in [0.1, 0.15) is 30.3 Å². The zero-order chi connectivity index (χ0) is 17.1. The number of aromatic nitrogens is 2. The third-order valence-electron chi connectivity index (χ3n) is 4.51. The predicted molar refractivity (Wildman–Crippen MR) is 99.2 cm³/mol.